The van der Waals surface area contributed by atoms with Gasteiger partial charge in [0.1, 0.15) is 5.38 Å². The molecule has 84 valence electrons. The van der Waals surface area contributed by atoms with Gasteiger partial charge in [-0.25, -0.2) is 0 Å². The van der Waals surface area contributed by atoms with Crippen LogP contribution in [0.3, 0.4) is 0 Å². The number of benzene rings is 2. The first kappa shape index (κ1) is 10.5. The molecule has 0 N–H and O–H groups in total. The zero-order valence-electron chi connectivity index (χ0n) is 9.14. The van der Waals surface area contributed by atoms with Crippen molar-refractivity contribution in [2.75, 3.05) is 0 Å². The summed E-state index contributed by atoms with van der Waals surface area (Å²) < 4.78 is 0. The fourth-order valence-corrected chi connectivity index (χ4v) is 2.86. The minimum atomic E-state index is -0.477. The highest BCUT2D eigenvalue weighted by molar-refractivity contribution is 6.36. The first-order valence-electron chi connectivity index (χ1n) is 5.61. The van der Waals surface area contributed by atoms with Crippen molar-refractivity contribution in [1.29, 1.82) is 0 Å². The van der Waals surface area contributed by atoms with E-state index < -0.39 is 5.38 Å². The monoisotopic (exact) mass is 242 g/mol. The van der Waals surface area contributed by atoms with Gasteiger partial charge in [-0.15, -0.1) is 11.6 Å². The molecular formula is C15H11ClO. The van der Waals surface area contributed by atoms with Gasteiger partial charge < -0.3 is 0 Å². The summed E-state index contributed by atoms with van der Waals surface area (Å²) in [7, 11) is 0. The predicted octanol–water partition coefficient (Wildman–Crippen LogP) is 3.62. The number of ketones is 1. The van der Waals surface area contributed by atoms with Crippen molar-refractivity contribution in [2.24, 2.45) is 0 Å². The molecule has 0 bridgehead atoms. The normalized spacial score (nSPS) is 22.5. The van der Waals surface area contributed by atoms with Crippen LogP contribution in [0.25, 0.3) is 0 Å². The van der Waals surface area contributed by atoms with Crippen molar-refractivity contribution < 1.29 is 4.79 Å². The van der Waals surface area contributed by atoms with Crippen LogP contribution in [0.4, 0.5) is 0 Å². The maximum Gasteiger partial charge on any atom is 0.181 e. The van der Waals surface area contributed by atoms with Crippen LogP contribution in [0.15, 0.2) is 54.6 Å². The van der Waals surface area contributed by atoms with E-state index in [1.165, 1.54) is 0 Å². The zero-order chi connectivity index (χ0) is 11.8. The summed E-state index contributed by atoms with van der Waals surface area (Å²) in [6, 6.07) is 17.7. The molecule has 0 saturated heterocycles. The van der Waals surface area contributed by atoms with Crippen LogP contribution in [0, 0.1) is 0 Å². The first-order chi connectivity index (χ1) is 8.29. The van der Waals surface area contributed by atoms with E-state index in [4.69, 9.17) is 11.6 Å². The number of Topliss-reactive ketones (excluding diaryl/α,β-unsaturated/α-hetero) is 1. The van der Waals surface area contributed by atoms with Crippen LogP contribution in [0.2, 0.25) is 0 Å². The summed E-state index contributed by atoms with van der Waals surface area (Å²) in [6.45, 7) is 0. The molecule has 2 atom stereocenters. The molecular weight excluding hydrogens is 232 g/mol. The zero-order valence-corrected chi connectivity index (χ0v) is 9.89. The molecule has 0 radical (unpaired) electrons. The second-order valence-electron chi connectivity index (χ2n) is 4.24. The average molecular weight is 243 g/mol. The Morgan fingerprint density at radius 3 is 2.29 bits per heavy atom. The molecule has 2 aromatic rings. The fraction of sp³-hybridized carbons (Fsp3) is 0.133. The second-order valence-corrected chi connectivity index (χ2v) is 4.71. The number of halogens is 1. The van der Waals surface area contributed by atoms with Gasteiger partial charge in [-0.3, -0.25) is 4.79 Å². The number of rotatable bonds is 1. The molecule has 0 saturated carbocycles. The topological polar surface area (TPSA) is 17.1 Å². The molecule has 17 heavy (non-hydrogen) atoms. The van der Waals surface area contributed by atoms with Crippen LogP contribution in [-0.4, -0.2) is 11.2 Å². The van der Waals surface area contributed by atoms with E-state index in [2.05, 4.69) is 0 Å². The van der Waals surface area contributed by atoms with E-state index >= 15 is 0 Å². The van der Waals surface area contributed by atoms with E-state index in [1.54, 1.807) is 0 Å². The lowest BCUT2D eigenvalue weighted by Gasteiger charge is -2.14. The van der Waals surface area contributed by atoms with Crippen molar-refractivity contribution in [3.05, 3.63) is 71.3 Å². The molecule has 1 aliphatic rings. The standard InChI is InChI=1S/C15H11ClO/c16-14-13(10-6-2-1-3-7-10)11-8-4-5-9-12(11)15(14)17/h1-9,13-14H. The van der Waals surface area contributed by atoms with Crippen LogP contribution in [-0.2, 0) is 0 Å². The molecule has 2 unspecified atom stereocenters. The van der Waals surface area contributed by atoms with Gasteiger partial charge in [0, 0.05) is 11.5 Å². The molecule has 0 heterocycles. The highest BCUT2D eigenvalue weighted by Gasteiger charge is 2.38. The predicted molar refractivity (Wildman–Crippen MR) is 68.7 cm³/mol. The van der Waals surface area contributed by atoms with Crippen molar-refractivity contribution in [3.8, 4) is 0 Å². The Morgan fingerprint density at radius 2 is 1.53 bits per heavy atom. The lowest BCUT2D eigenvalue weighted by molar-refractivity contribution is 0.0995. The third-order valence-electron chi connectivity index (χ3n) is 3.26. The molecule has 0 aromatic heterocycles. The molecule has 0 aliphatic heterocycles. The Morgan fingerprint density at radius 1 is 0.882 bits per heavy atom. The van der Waals surface area contributed by atoms with Gasteiger partial charge in [0.05, 0.1) is 0 Å². The third-order valence-corrected chi connectivity index (χ3v) is 3.71. The van der Waals surface area contributed by atoms with Gasteiger partial charge in [0.25, 0.3) is 0 Å². The van der Waals surface area contributed by atoms with E-state index in [1.807, 2.05) is 54.6 Å². The molecule has 3 rings (SSSR count). The van der Waals surface area contributed by atoms with Crippen LogP contribution < -0.4 is 0 Å². The van der Waals surface area contributed by atoms with Gasteiger partial charge in [0.2, 0.25) is 0 Å². The summed E-state index contributed by atoms with van der Waals surface area (Å²) in [6.07, 6.45) is 0. The summed E-state index contributed by atoms with van der Waals surface area (Å²) >= 11 is 6.28. The molecule has 1 nitrogen and oxygen atoms in total. The van der Waals surface area contributed by atoms with Gasteiger partial charge in [-0.1, -0.05) is 54.6 Å². The van der Waals surface area contributed by atoms with Crippen LogP contribution >= 0.6 is 11.6 Å². The molecule has 1 aliphatic carbocycles. The Bertz CT molecular complexity index is 562. The summed E-state index contributed by atoms with van der Waals surface area (Å²) in [5.41, 5.74) is 2.91. The van der Waals surface area contributed by atoms with Crippen LogP contribution in [0.1, 0.15) is 27.4 Å². The summed E-state index contributed by atoms with van der Waals surface area (Å²) in [5, 5.41) is -0.477. The number of hydrogen-bond acceptors (Lipinski definition) is 1. The molecule has 0 fully saturated rings. The molecule has 0 spiro atoms. The maximum atomic E-state index is 12.0. The first-order valence-corrected chi connectivity index (χ1v) is 6.05. The average Bonchev–Trinajstić information content (AvgIpc) is 2.64. The Balaban J connectivity index is 2.16. The fourth-order valence-electron chi connectivity index (χ4n) is 2.46. The number of alkyl halides is 1. The Kier molecular flexibility index (Phi) is 2.49. The lowest BCUT2D eigenvalue weighted by Crippen LogP contribution is -2.14. The number of hydrogen-bond donors (Lipinski definition) is 0. The van der Waals surface area contributed by atoms with Crippen LogP contribution in [0.5, 0.6) is 0 Å². The van der Waals surface area contributed by atoms with E-state index in [0.717, 1.165) is 16.7 Å². The van der Waals surface area contributed by atoms with Crippen molar-refractivity contribution in [2.45, 2.75) is 11.3 Å². The summed E-state index contributed by atoms with van der Waals surface area (Å²) in [5.74, 6) is 0.0256. The third kappa shape index (κ3) is 1.58. The van der Waals surface area contributed by atoms with Crippen molar-refractivity contribution in [3.63, 3.8) is 0 Å². The van der Waals surface area contributed by atoms with E-state index in [-0.39, 0.29) is 11.7 Å². The van der Waals surface area contributed by atoms with Gasteiger partial charge in [-0.2, -0.15) is 0 Å². The Labute approximate surface area is 105 Å². The van der Waals surface area contributed by atoms with Gasteiger partial charge >= 0.3 is 0 Å². The highest BCUT2D eigenvalue weighted by atomic mass is 35.5. The van der Waals surface area contributed by atoms with E-state index in [0.29, 0.717) is 0 Å². The summed E-state index contributed by atoms with van der Waals surface area (Å²) in [4.78, 5) is 12.0. The quantitative estimate of drug-likeness (QED) is 0.698. The minimum Gasteiger partial charge on any atom is -0.292 e. The SMILES string of the molecule is O=C1c2ccccc2C(c2ccccc2)C1Cl. The smallest absolute Gasteiger partial charge is 0.181 e. The van der Waals surface area contributed by atoms with Crippen molar-refractivity contribution in [1.82, 2.24) is 0 Å². The number of carbonyl (C=O) groups is 1. The highest BCUT2D eigenvalue weighted by Crippen LogP contribution is 2.40. The maximum absolute atomic E-state index is 12.0. The van der Waals surface area contributed by atoms with Gasteiger partial charge in [0.15, 0.2) is 5.78 Å². The Hall–Kier alpha value is -1.60. The lowest BCUT2D eigenvalue weighted by atomic mass is 9.93. The molecule has 2 heteroatoms. The molecule has 0 amide bonds. The second kappa shape index (κ2) is 4.01. The van der Waals surface area contributed by atoms with Gasteiger partial charge in [-0.05, 0) is 11.1 Å². The number of carbonyl (C=O) groups excluding carboxylic acids is 1. The van der Waals surface area contributed by atoms with E-state index in [9.17, 15) is 4.79 Å². The largest absolute Gasteiger partial charge is 0.292 e. The minimum absolute atomic E-state index is 0.0124. The number of fused-ring (bicyclic) bond motifs is 1. The van der Waals surface area contributed by atoms with Crippen molar-refractivity contribution >= 4 is 17.4 Å². The molecule has 2 aromatic carbocycles.